The number of hydrogen-bond acceptors (Lipinski definition) is 2. The fourth-order valence-electron chi connectivity index (χ4n) is 1.40. The molecule has 1 aromatic rings. The van der Waals surface area contributed by atoms with Crippen LogP contribution >= 0.6 is 0 Å². The average Bonchev–Trinajstić information content (AvgIpc) is 2.32. The Kier molecular flexibility index (Phi) is 4.24. The van der Waals surface area contributed by atoms with Gasteiger partial charge in [0, 0.05) is 7.05 Å². The zero-order chi connectivity index (χ0) is 14.8. The van der Waals surface area contributed by atoms with Crippen LogP contribution in [0.25, 0.3) is 0 Å². The van der Waals surface area contributed by atoms with Crippen molar-refractivity contribution in [2.24, 2.45) is 0 Å². The first-order chi connectivity index (χ1) is 8.66. The van der Waals surface area contributed by atoms with E-state index in [0.717, 1.165) is 17.0 Å². The number of rotatable bonds is 4. The second-order valence-electron chi connectivity index (χ2n) is 4.74. The van der Waals surface area contributed by atoms with Gasteiger partial charge in [-0.25, -0.2) is 13.6 Å². The average molecular weight is 271 g/mol. The van der Waals surface area contributed by atoms with Crippen molar-refractivity contribution in [1.82, 2.24) is 4.90 Å². The number of nitrogens with zero attached hydrogens (tertiary/aromatic N) is 1. The van der Waals surface area contributed by atoms with Crippen LogP contribution in [0.15, 0.2) is 18.2 Å². The second kappa shape index (κ2) is 5.34. The van der Waals surface area contributed by atoms with Crippen LogP contribution < -0.4 is 0 Å². The molecule has 0 spiro atoms. The number of carbonyl (C=O) groups excluding carboxylic acids is 1. The number of amides is 1. The SMILES string of the molecule is CN(C(=O)Cc1ccc(F)c(F)c1)C(C)(C)C(=O)O. The minimum atomic E-state index is -1.37. The molecule has 0 aliphatic heterocycles. The van der Waals surface area contributed by atoms with E-state index in [1.807, 2.05) is 0 Å². The summed E-state index contributed by atoms with van der Waals surface area (Å²) in [6.45, 7) is 2.77. The van der Waals surface area contributed by atoms with Gasteiger partial charge in [0.1, 0.15) is 5.54 Å². The standard InChI is InChI=1S/C13H15F2NO3/c1-13(2,12(18)19)16(3)11(17)7-8-4-5-9(14)10(15)6-8/h4-6H,7H2,1-3H3,(H,18,19). The lowest BCUT2D eigenvalue weighted by atomic mass is 10.0. The lowest BCUT2D eigenvalue weighted by Gasteiger charge is -2.31. The first kappa shape index (κ1) is 15.1. The van der Waals surface area contributed by atoms with Gasteiger partial charge in [-0.1, -0.05) is 6.07 Å². The summed E-state index contributed by atoms with van der Waals surface area (Å²) < 4.78 is 25.7. The molecule has 0 heterocycles. The van der Waals surface area contributed by atoms with E-state index in [0.29, 0.717) is 0 Å². The summed E-state index contributed by atoms with van der Waals surface area (Å²) in [4.78, 5) is 24.0. The molecule has 0 aliphatic carbocycles. The van der Waals surface area contributed by atoms with E-state index >= 15 is 0 Å². The quantitative estimate of drug-likeness (QED) is 0.909. The lowest BCUT2D eigenvalue weighted by molar-refractivity contribution is -0.155. The Labute approximate surface area is 109 Å². The molecule has 1 rings (SSSR count). The Morgan fingerprint density at radius 2 is 1.84 bits per heavy atom. The second-order valence-corrected chi connectivity index (χ2v) is 4.74. The minimum absolute atomic E-state index is 0.190. The molecule has 0 aliphatic rings. The third kappa shape index (κ3) is 3.27. The fourth-order valence-corrected chi connectivity index (χ4v) is 1.40. The maximum absolute atomic E-state index is 13.0. The highest BCUT2D eigenvalue weighted by Gasteiger charge is 2.34. The summed E-state index contributed by atoms with van der Waals surface area (Å²) in [6, 6.07) is 3.15. The largest absolute Gasteiger partial charge is 0.480 e. The first-order valence-electron chi connectivity index (χ1n) is 5.60. The molecule has 0 atom stereocenters. The molecule has 1 amide bonds. The summed E-state index contributed by atoms with van der Waals surface area (Å²) in [5, 5.41) is 9.00. The Morgan fingerprint density at radius 1 is 1.26 bits per heavy atom. The fraction of sp³-hybridized carbons (Fsp3) is 0.385. The number of benzene rings is 1. The van der Waals surface area contributed by atoms with Gasteiger partial charge in [0.2, 0.25) is 5.91 Å². The smallest absolute Gasteiger partial charge is 0.329 e. The van der Waals surface area contributed by atoms with Crippen LogP contribution in [-0.4, -0.2) is 34.5 Å². The first-order valence-corrected chi connectivity index (χ1v) is 5.60. The maximum atomic E-state index is 13.0. The number of carboxylic acid groups (broad SMARTS) is 1. The van der Waals surface area contributed by atoms with Gasteiger partial charge in [0.15, 0.2) is 11.6 Å². The van der Waals surface area contributed by atoms with E-state index in [1.165, 1.54) is 27.0 Å². The number of hydrogen-bond donors (Lipinski definition) is 1. The topological polar surface area (TPSA) is 57.6 Å². The van der Waals surface area contributed by atoms with Gasteiger partial charge >= 0.3 is 5.97 Å². The van der Waals surface area contributed by atoms with Gasteiger partial charge < -0.3 is 10.0 Å². The number of carbonyl (C=O) groups is 2. The molecular formula is C13H15F2NO3. The Morgan fingerprint density at radius 3 is 2.32 bits per heavy atom. The lowest BCUT2D eigenvalue weighted by Crippen LogP contribution is -2.51. The van der Waals surface area contributed by atoms with Crippen molar-refractivity contribution in [3.8, 4) is 0 Å². The van der Waals surface area contributed by atoms with Crippen LogP contribution in [0.2, 0.25) is 0 Å². The molecule has 19 heavy (non-hydrogen) atoms. The van der Waals surface area contributed by atoms with Crippen molar-refractivity contribution in [3.63, 3.8) is 0 Å². The predicted molar refractivity (Wildman–Crippen MR) is 64.5 cm³/mol. The zero-order valence-electron chi connectivity index (χ0n) is 10.9. The highest BCUT2D eigenvalue weighted by molar-refractivity contribution is 5.87. The molecule has 1 aromatic carbocycles. The van der Waals surface area contributed by atoms with Crippen molar-refractivity contribution in [2.45, 2.75) is 25.8 Å². The van der Waals surface area contributed by atoms with E-state index in [2.05, 4.69) is 0 Å². The number of carboxylic acids is 1. The van der Waals surface area contributed by atoms with Crippen LogP contribution in [-0.2, 0) is 16.0 Å². The van der Waals surface area contributed by atoms with Crippen LogP contribution in [0.5, 0.6) is 0 Å². The summed E-state index contributed by atoms with van der Waals surface area (Å²) in [6.07, 6.45) is -0.190. The zero-order valence-corrected chi connectivity index (χ0v) is 10.9. The highest BCUT2D eigenvalue weighted by Crippen LogP contribution is 2.15. The summed E-state index contributed by atoms with van der Waals surface area (Å²) in [5.41, 5.74) is -1.08. The number of likely N-dealkylation sites (N-methyl/N-ethyl adjacent to an activating group) is 1. The van der Waals surface area contributed by atoms with Crippen molar-refractivity contribution >= 4 is 11.9 Å². The number of halogens is 2. The van der Waals surface area contributed by atoms with Crippen LogP contribution in [0, 0.1) is 11.6 Å². The third-order valence-corrected chi connectivity index (χ3v) is 3.08. The van der Waals surface area contributed by atoms with Crippen LogP contribution in [0.4, 0.5) is 8.78 Å². The Hall–Kier alpha value is -1.98. The van der Waals surface area contributed by atoms with Gasteiger partial charge in [-0.2, -0.15) is 0 Å². The van der Waals surface area contributed by atoms with E-state index in [9.17, 15) is 18.4 Å². The van der Waals surface area contributed by atoms with Crippen LogP contribution in [0.1, 0.15) is 19.4 Å². The Bertz CT molecular complexity index is 515. The van der Waals surface area contributed by atoms with E-state index in [-0.39, 0.29) is 12.0 Å². The maximum Gasteiger partial charge on any atom is 0.329 e. The van der Waals surface area contributed by atoms with Crippen molar-refractivity contribution in [3.05, 3.63) is 35.4 Å². The van der Waals surface area contributed by atoms with Gasteiger partial charge in [-0.3, -0.25) is 4.79 Å². The molecule has 4 nitrogen and oxygen atoms in total. The van der Waals surface area contributed by atoms with E-state index in [4.69, 9.17) is 5.11 Å². The number of aliphatic carboxylic acids is 1. The molecule has 1 N–H and O–H groups in total. The molecule has 0 unspecified atom stereocenters. The summed E-state index contributed by atoms with van der Waals surface area (Å²) in [7, 11) is 1.36. The molecule has 0 aromatic heterocycles. The van der Waals surface area contributed by atoms with Gasteiger partial charge in [-0.05, 0) is 31.5 Å². The summed E-state index contributed by atoms with van der Waals surface area (Å²) >= 11 is 0. The van der Waals surface area contributed by atoms with Gasteiger partial charge in [0.25, 0.3) is 0 Å². The normalized spacial score (nSPS) is 11.2. The molecule has 6 heteroatoms. The van der Waals surface area contributed by atoms with Crippen molar-refractivity contribution in [2.75, 3.05) is 7.05 Å². The van der Waals surface area contributed by atoms with Gasteiger partial charge in [-0.15, -0.1) is 0 Å². The minimum Gasteiger partial charge on any atom is -0.480 e. The highest BCUT2D eigenvalue weighted by atomic mass is 19.2. The van der Waals surface area contributed by atoms with Crippen molar-refractivity contribution < 1.29 is 23.5 Å². The van der Waals surface area contributed by atoms with Crippen LogP contribution in [0.3, 0.4) is 0 Å². The predicted octanol–water partition coefficient (Wildman–Crippen LogP) is 1.83. The molecule has 0 saturated heterocycles. The summed E-state index contributed by atoms with van der Waals surface area (Å²) in [5.74, 6) is -3.66. The molecule has 104 valence electrons. The monoisotopic (exact) mass is 271 g/mol. The third-order valence-electron chi connectivity index (χ3n) is 3.08. The molecule has 0 fully saturated rings. The van der Waals surface area contributed by atoms with Crippen molar-refractivity contribution in [1.29, 1.82) is 0 Å². The van der Waals surface area contributed by atoms with E-state index in [1.54, 1.807) is 0 Å². The molecule has 0 bridgehead atoms. The Balaban J connectivity index is 2.85. The molecule has 0 radical (unpaired) electrons. The van der Waals surface area contributed by atoms with E-state index < -0.39 is 29.0 Å². The molecule has 0 saturated carbocycles. The molecular weight excluding hydrogens is 256 g/mol. The van der Waals surface area contributed by atoms with Gasteiger partial charge in [0.05, 0.1) is 6.42 Å².